The molecule has 0 saturated carbocycles. The summed E-state index contributed by atoms with van der Waals surface area (Å²) >= 11 is 0. The fourth-order valence-corrected chi connectivity index (χ4v) is 1.32. The molecule has 0 rings (SSSR count). The molecular formula is C15H30NO5. The van der Waals surface area contributed by atoms with Gasteiger partial charge in [0.2, 0.25) is 0 Å². The van der Waals surface area contributed by atoms with Crippen molar-refractivity contribution in [1.82, 2.24) is 5.32 Å². The van der Waals surface area contributed by atoms with E-state index >= 15 is 0 Å². The second-order valence-electron chi connectivity index (χ2n) is 5.47. The average Bonchev–Trinajstić information content (AvgIpc) is 2.38. The average molecular weight is 304 g/mol. The fourth-order valence-electron chi connectivity index (χ4n) is 1.32. The number of ether oxygens (including phenoxy) is 4. The third-order valence-electron chi connectivity index (χ3n) is 2.17. The number of carbonyl (C=O) groups excluding carboxylic acids is 1. The summed E-state index contributed by atoms with van der Waals surface area (Å²) in [7, 11) is 0. The monoisotopic (exact) mass is 304 g/mol. The summed E-state index contributed by atoms with van der Waals surface area (Å²) in [5.74, 6) is 0. The number of rotatable bonds is 12. The van der Waals surface area contributed by atoms with E-state index in [1.807, 2.05) is 20.8 Å². The van der Waals surface area contributed by atoms with Crippen LogP contribution in [-0.4, -0.2) is 57.9 Å². The first-order chi connectivity index (χ1) is 9.95. The lowest BCUT2D eigenvalue weighted by atomic mass is 10.2. The van der Waals surface area contributed by atoms with E-state index in [0.29, 0.717) is 46.2 Å². The Morgan fingerprint density at radius 3 is 2.00 bits per heavy atom. The van der Waals surface area contributed by atoms with Crippen LogP contribution in [0.2, 0.25) is 0 Å². The van der Waals surface area contributed by atoms with Gasteiger partial charge in [0.15, 0.2) is 0 Å². The van der Waals surface area contributed by atoms with Crippen molar-refractivity contribution in [3.63, 3.8) is 0 Å². The van der Waals surface area contributed by atoms with Crippen LogP contribution in [0.3, 0.4) is 0 Å². The summed E-state index contributed by atoms with van der Waals surface area (Å²) in [5, 5.41) is 2.68. The van der Waals surface area contributed by atoms with Crippen LogP contribution in [0.4, 0.5) is 4.79 Å². The Labute approximate surface area is 128 Å². The Kier molecular flexibility index (Phi) is 12.3. The highest BCUT2D eigenvalue weighted by Gasteiger charge is 2.15. The van der Waals surface area contributed by atoms with Gasteiger partial charge in [-0.25, -0.2) is 4.79 Å². The Hall–Kier alpha value is -0.850. The Bertz CT molecular complexity index is 253. The number of carbonyl (C=O) groups is 1. The van der Waals surface area contributed by atoms with E-state index in [2.05, 4.69) is 12.2 Å². The summed E-state index contributed by atoms with van der Waals surface area (Å²) in [5.41, 5.74) is -0.463. The predicted molar refractivity (Wildman–Crippen MR) is 81.3 cm³/mol. The Morgan fingerprint density at radius 1 is 0.952 bits per heavy atom. The molecule has 0 fully saturated rings. The highest BCUT2D eigenvalue weighted by molar-refractivity contribution is 5.67. The molecule has 1 amide bonds. The molecule has 125 valence electrons. The molecule has 0 heterocycles. The smallest absolute Gasteiger partial charge is 0.407 e. The molecule has 0 spiro atoms. The first kappa shape index (κ1) is 20.1. The first-order valence-corrected chi connectivity index (χ1v) is 7.45. The quantitative estimate of drug-likeness (QED) is 0.560. The fraction of sp³-hybridized carbons (Fsp3) is 0.867. The molecule has 0 unspecified atom stereocenters. The molecule has 0 bridgehead atoms. The van der Waals surface area contributed by atoms with E-state index in [0.717, 1.165) is 12.8 Å². The molecule has 1 radical (unpaired) electrons. The van der Waals surface area contributed by atoms with Gasteiger partial charge in [0.1, 0.15) is 5.60 Å². The van der Waals surface area contributed by atoms with E-state index in [4.69, 9.17) is 18.9 Å². The van der Waals surface area contributed by atoms with Crippen LogP contribution in [0, 0.1) is 6.92 Å². The van der Waals surface area contributed by atoms with Gasteiger partial charge < -0.3 is 24.3 Å². The van der Waals surface area contributed by atoms with Gasteiger partial charge in [-0.2, -0.15) is 0 Å². The van der Waals surface area contributed by atoms with E-state index in [9.17, 15) is 4.79 Å². The zero-order valence-electron chi connectivity index (χ0n) is 13.6. The molecular weight excluding hydrogens is 274 g/mol. The summed E-state index contributed by atoms with van der Waals surface area (Å²) in [6.07, 6.45) is 1.12. The van der Waals surface area contributed by atoms with Crippen LogP contribution in [0.5, 0.6) is 0 Å². The molecule has 21 heavy (non-hydrogen) atoms. The number of alkyl carbamates (subject to hydrolysis) is 1. The van der Waals surface area contributed by atoms with Crippen molar-refractivity contribution >= 4 is 6.09 Å². The van der Waals surface area contributed by atoms with Crippen LogP contribution in [0.25, 0.3) is 0 Å². The lowest BCUT2D eigenvalue weighted by molar-refractivity contribution is 0.0147. The van der Waals surface area contributed by atoms with Gasteiger partial charge in [-0.3, -0.25) is 0 Å². The predicted octanol–water partition coefficient (Wildman–Crippen LogP) is 2.18. The van der Waals surface area contributed by atoms with Gasteiger partial charge in [0, 0.05) is 19.8 Å². The van der Waals surface area contributed by atoms with E-state index in [1.54, 1.807) is 0 Å². The molecule has 0 atom stereocenters. The molecule has 6 heteroatoms. The maximum Gasteiger partial charge on any atom is 0.407 e. The summed E-state index contributed by atoms with van der Waals surface area (Å²) in [6, 6.07) is 0. The second kappa shape index (κ2) is 12.9. The lowest BCUT2D eigenvalue weighted by Crippen LogP contribution is -2.33. The van der Waals surface area contributed by atoms with Gasteiger partial charge >= 0.3 is 6.09 Å². The Morgan fingerprint density at radius 2 is 1.48 bits per heavy atom. The van der Waals surface area contributed by atoms with Crippen molar-refractivity contribution in [2.75, 3.05) is 46.2 Å². The Balaban J connectivity index is 3.17. The largest absolute Gasteiger partial charge is 0.444 e. The minimum Gasteiger partial charge on any atom is -0.444 e. The van der Waals surface area contributed by atoms with Crippen LogP contribution >= 0.6 is 0 Å². The van der Waals surface area contributed by atoms with E-state index < -0.39 is 11.7 Å². The maximum absolute atomic E-state index is 11.3. The zero-order chi connectivity index (χ0) is 16.0. The standard InChI is InChI=1S/C15H30NO5/c1-5-8-18-10-12-20-13-11-19-9-6-7-16-14(17)21-15(2,3)4/h1,5-13H2,2-4H3,(H,16,17). The van der Waals surface area contributed by atoms with Gasteiger partial charge in [-0.1, -0.05) is 6.92 Å². The van der Waals surface area contributed by atoms with Crippen LogP contribution < -0.4 is 5.32 Å². The molecule has 0 aromatic rings. The number of hydrogen-bond donors (Lipinski definition) is 1. The highest BCUT2D eigenvalue weighted by atomic mass is 16.6. The topological polar surface area (TPSA) is 66.0 Å². The lowest BCUT2D eigenvalue weighted by Gasteiger charge is -2.19. The third kappa shape index (κ3) is 17.1. The number of amides is 1. The van der Waals surface area contributed by atoms with Crippen molar-refractivity contribution < 1.29 is 23.7 Å². The van der Waals surface area contributed by atoms with Crippen molar-refractivity contribution in [2.24, 2.45) is 0 Å². The second-order valence-corrected chi connectivity index (χ2v) is 5.47. The van der Waals surface area contributed by atoms with Gasteiger partial charge in [-0.15, -0.1) is 0 Å². The van der Waals surface area contributed by atoms with Gasteiger partial charge in [0.25, 0.3) is 0 Å². The van der Waals surface area contributed by atoms with Gasteiger partial charge in [0.05, 0.1) is 26.4 Å². The minimum absolute atomic E-state index is 0.395. The molecule has 0 saturated heterocycles. The van der Waals surface area contributed by atoms with E-state index in [1.165, 1.54) is 0 Å². The highest BCUT2D eigenvalue weighted by Crippen LogP contribution is 2.06. The molecule has 0 aliphatic heterocycles. The van der Waals surface area contributed by atoms with Crippen molar-refractivity contribution in [3.05, 3.63) is 6.92 Å². The minimum atomic E-state index is -0.463. The summed E-state index contributed by atoms with van der Waals surface area (Å²) < 4.78 is 21.0. The molecule has 0 aromatic heterocycles. The summed E-state index contributed by atoms with van der Waals surface area (Å²) in [6.45, 7) is 13.2. The molecule has 6 nitrogen and oxygen atoms in total. The van der Waals surface area contributed by atoms with E-state index in [-0.39, 0.29) is 0 Å². The molecule has 0 aliphatic rings. The van der Waals surface area contributed by atoms with Crippen molar-refractivity contribution in [1.29, 1.82) is 0 Å². The summed E-state index contributed by atoms with van der Waals surface area (Å²) in [4.78, 5) is 11.3. The van der Waals surface area contributed by atoms with Crippen molar-refractivity contribution in [3.8, 4) is 0 Å². The first-order valence-electron chi connectivity index (χ1n) is 7.45. The van der Waals surface area contributed by atoms with Crippen LogP contribution in [-0.2, 0) is 18.9 Å². The molecule has 0 aromatic carbocycles. The van der Waals surface area contributed by atoms with Gasteiger partial charge in [-0.05, 0) is 33.6 Å². The normalized spacial score (nSPS) is 11.4. The third-order valence-corrected chi connectivity index (χ3v) is 2.17. The SMILES string of the molecule is [CH2]CCOCCOCCOCCCNC(=O)OC(C)(C)C. The zero-order valence-corrected chi connectivity index (χ0v) is 13.6. The molecule has 1 N–H and O–H groups in total. The van der Waals surface area contributed by atoms with Crippen LogP contribution in [0.15, 0.2) is 0 Å². The number of nitrogens with one attached hydrogen (secondary N) is 1. The maximum atomic E-state index is 11.3. The van der Waals surface area contributed by atoms with Crippen molar-refractivity contribution in [2.45, 2.75) is 39.2 Å². The molecule has 0 aliphatic carbocycles. The van der Waals surface area contributed by atoms with Crippen LogP contribution in [0.1, 0.15) is 33.6 Å². The number of hydrogen-bond acceptors (Lipinski definition) is 5.